The molecule has 0 spiro atoms. The largest absolute Gasteiger partial charge is 0.310 e. The number of nitrogens with two attached hydrogens (primary N) is 1. The Morgan fingerprint density at radius 3 is 3.11 bits per heavy atom. The molecule has 0 aromatic rings. The van der Waals surface area contributed by atoms with Crippen LogP contribution in [0.15, 0.2) is 17.4 Å². The molecule has 0 fully saturated rings. The molecule has 0 atom stereocenters. The van der Waals surface area contributed by atoms with Crippen LogP contribution in [-0.4, -0.2) is 17.3 Å². The summed E-state index contributed by atoms with van der Waals surface area (Å²) in [5.41, 5.74) is 0.444. The lowest BCUT2D eigenvalue weighted by Gasteiger charge is -2.13. The summed E-state index contributed by atoms with van der Waals surface area (Å²) >= 11 is 0. The molecule has 0 aromatic heterocycles. The Labute approximate surface area is 52.9 Å². The average Bonchev–Trinajstić information content (AvgIpc) is 1.88. The Hall–Kier alpha value is -1.34. The summed E-state index contributed by atoms with van der Waals surface area (Å²) in [5, 5.41) is 9.72. The molecule has 4 nitrogen and oxygen atoms in total. The summed E-state index contributed by atoms with van der Waals surface area (Å²) in [6.07, 6.45) is 3.11. The molecule has 1 heterocycles. The first-order valence-electron chi connectivity index (χ1n) is 2.47. The van der Waals surface area contributed by atoms with Gasteiger partial charge < -0.3 is 5.01 Å². The Balaban J connectivity index is 2.69. The van der Waals surface area contributed by atoms with E-state index >= 15 is 0 Å². The van der Waals surface area contributed by atoms with Gasteiger partial charge in [-0.1, -0.05) is 0 Å². The van der Waals surface area contributed by atoms with E-state index in [1.807, 2.05) is 6.07 Å². The molecule has 0 aliphatic carbocycles. The van der Waals surface area contributed by atoms with Crippen molar-refractivity contribution >= 4 is 5.71 Å². The maximum absolute atomic E-state index is 8.31. The average molecular weight is 122 g/mol. The molecule has 9 heavy (non-hydrogen) atoms. The summed E-state index contributed by atoms with van der Waals surface area (Å²) < 4.78 is 0. The maximum Gasteiger partial charge on any atom is 0.138 e. The Bertz CT molecular complexity index is 197. The minimum absolute atomic E-state index is 0.410. The topological polar surface area (TPSA) is 65.4 Å². The van der Waals surface area contributed by atoms with Crippen LogP contribution >= 0.6 is 0 Å². The highest BCUT2D eigenvalue weighted by Crippen LogP contribution is 1.91. The second kappa shape index (κ2) is 2.29. The predicted molar refractivity (Wildman–Crippen MR) is 33.1 cm³/mol. The van der Waals surface area contributed by atoms with Gasteiger partial charge in [-0.25, -0.2) is 10.8 Å². The van der Waals surface area contributed by atoms with Crippen LogP contribution in [0.3, 0.4) is 0 Å². The van der Waals surface area contributed by atoms with Gasteiger partial charge in [-0.05, 0) is 0 Å². The Morgan fingerprint density at radius 1 is 1.89 bits per heavy atom. The lowest BCUT2D eigenvalue weighted by molar-refractivity contribution is 0.446. The summed E-state index contributed by atoms with van der Waals surface area (Å²) in [4.78, 5) is 3.75. The third kappa shape index (κ3) is 1.27. The van der Waals surface area contributed by atoms with Gasteiger partial charge in [-0.2, -0.15) is 5.26 Å². The zero-order valence-electron chi connectivity index (χ0n) is 4.78. The van der Waals surface area contributed by atoms with Crippen molar-refractivity contribution in [3.8, 4) is 6.07 Å². The molecule has 1 aliphatic heterocycles. The standard InChI is InChI=1S/C5H6N4/c6-3-5-4-9(7)2-1-8-5/h1-2H,4,7H2. The zero-order chi connectivity index (χ0) is 6.69. The van der Waals surface area contributed by atoms with E-state index in [2.05, 4.69) is 4.99 Å². The van der Waals surface area contributed by atoms with Gasteiger partial charge in [0.15, 0.2) is 0 Å². The number of rotatable bonds is 0. The van der Waals surface area contributed by atoms with Crippen molar-refractivity contribution in [2.24, 2.45) is 10.8 Å². The lowest BCUT2D eigenvalue weighted by atomic mass is 10.4. The second-order valence-corrected chi connectivity index (χ2v) is 1.66. The highest BCUT2D eigenvalue weighted by Gasteiger charge is 2.02. The van der Waals surface area contributed by atoms with Crippen molar-refractivity contribution in [2.75, 3.05) is 6.54 Å². The molecule has 46 valence electrons. The van der Waals surface area contributed by atoms with Crippen LogP contribution in [0.1, 0.15) is 0 Å². The normalized spacial score (nSPS) is 16.9. The van der Waals surface area contributed by atoms with Gasteiger partial charge in [0.2, 0.25) is 0 Å². The summed E-state index contributed by atoms with van der Waals surface area (Å²) in [7, 11) is 0. The molecule has 2 N–H and O–H groups in total. The minimum Gasteiger partial charge on any atom is -0.310 e. The third-order valence-electron chi connectivity index (χ3n) is 0.950. The minimum atomic E-state index is 0.410. The van der Waals surface area contributed by atoms with E-state index in [4.69, 9.17) is 11.1 Å². The fourth-order valence-corrected chi connectivity index (χ4v) is 0.540. The smallest absolute Gasteiger partial charge is 0.138 e. The van der Waals surface area contributed by atoms with E-state index in [1.54, 1.807) is 6.20 Å². The first kappa shape index (κ1) is 5.79. The molecule has 0 radical (unpaired) electrons. The number of nitrogens with zero attached hydrogens (tertiary/aromatic N) is 3. The van der Waals surface area contributed by atoms with Crippen LogP contribution in [0.2, 0.25) is 0 Å². The summed E-state index contributed by atoms with van der Waals surface area (Å²) in [6.45, 7) is 0.410. The van der Waals surface area contributed by atoms with E-state index in [0.29, 0.717) is 12.3 Å². The molecule has 0 saturated carbocycles. The number of aliphatic imine (C=N–C) groups is 1. The lowest BCUT2D eigenvalue weighted by Crippen LogP contribution is -2.32. The molecule has 0 amide bonds. The number of hydrogen-bond donors (Lipinski definition) is 1. The summed E-state index contributed by atoms with van der Waals surface area (Å²) in [5.74, 6) is 5.32. The predicted octanol–water partition coefficient (Wildman–Crippen LogP) is -0.389. The first-order chi connectivity index (χ1) is 4.33. The molecule has 0 saturated heterocycles. The molecule has 0 unspecified atom stereocenters. The fraction of sp³-hybridized carbons (Fsp3) is 0.200. The van der Waals surface area contributed by atoms with E-state index in [9.17, 15) is 0 Å². The van der Waals surface area contributed by atoms with Gasteiger partial charge in [0.25, 0.3) is 0 Å². The van der Waals surface area contributed by atoms with Gasteiger partial charge >= 0.3 is 0 Å². The number of nitriles is 1. The molecule has 0 aromatic carbocycles. The summed E-state index contributed by atoms with van der Waals surface area (Å²) in [6, 6.07) is 1.91. The van der Waals surface area contributed by atoms with Crippen molar-refractivity contribution in [1.82, 2.24) is 5.01 Å². The van der Waals surface area contributed by atoms with E-state index in [1.165, 1.54) is 11.2 Å². The molecule has 1 rings (SSSR count). The molecule has 4 heteroatoms. The van der Waals surface area contributed by atoms with Crippen LogP contribution < -0.4 is 5.84 Å². The van der Waals surface area contributed by atoms with Crippen molar-refractivity contribution in [3.05, 3.63) is 12.4 Å². The molecule has 0 bridgehead atoms. The Kier molecular flexibility index (Phi) is 1.47. The first-order valence-corrected chi connectivity index (χ1v) is 2.47. The van der Waals surface area contributed by atoms with Gasteiger partial charge in [0.1, 0.15) is 11.8 Å². The van der Waals surface area contributed by atoms with Crippen LogP contribution in [0.5, 0.6) is 0 Å². The Morgan fingerprint density at radius 2 is 2.67 bits per heavy atom. The quantitative estimate of drug-likeness (QED) is 0.445. The van der Waals surface area contributed by atoms with Gasteiger partial charge in [-0.3, -0.25) is 0 Å². The third-order valence-corrected chi connectivity index (χ3v) is 0.950. The van der Waals surface area contributed by atoms with Crippen LogP contribution in [0.25, 0.3) is 0 Å². The van der Waals surface area contributed by atoms with Crippen molar-refractivity contribution < 1.29 is 0 Å². The van der Waals surface area contributed by atoms with Crippen molar-refractivity contribution in [3.63, 3.8) is 0 Å². The highest BCUT2D eigenvalue weighted by atomic mass is 15.4. The van der Waals surface area contributed by atoms with Crippen LogP contribution in [0.4, 0.5) is 0 Å². The van der Waals surface area contributed by atoms with Crippen molar-refractivity contribution in [1.29, 1.82) is 5.26 Å². The van der Waals surface area contributed by atoms with E-state index in [0.717, 1.165) is 0 Å². The molecular weight excluding hydrogens is 116 g/mol. The highest BCUT2D eigenvalue weighted by molar-refractivity contribution is 6.00. The van der Waals surface area contributed by atoms with E-state index < -0.39 is 0 Å². The second-order valence-electron chi connectivity index (χ2n) is 1.66. The number of hydrazine groups is 1. The molecular formula is C5H6N4. The fourth-order valence-electron chi connectivity index (χ4n) is 0.540. The van der Waals surface area contributed by atoms with Gasteiger partial charge in [0, 0.05) is 12.4 Å². The SMILES string of the molecule is N#CC1=NC=CN(N)C1. The van der Waals surface area contributed by atoms with Gasteiger partial charge in [-0.15, -0.1) is 0 Å². The van der Waals surface area contributed by atoms with E-state index in [-0.39, 0.29) is 0 Å². The van der Waals surface area contributed by atoms with Crippen LogP contribution in [-0.2, 0) is 0 Å². The maximum atomic E-state index is 8.31. The van der Waals surface area contributed by atoms with Gasteiger partial charge in [0.05, 0.1) is 6.54 Å². The van der Waals surface area contributed by atoms with Crippen LogP contribution in [0, 0.1) is 11.3 Å². The molecule has 1 aliphatic rings. The monoisotopic (exact) mass is 122 g/mol. The number of hydrogen-bond acceptors (Lipinski definition) is 4. The van der Waals surface area contributed by atoms with Crippen molar-refractivity contribution in [2.45, 2.75) is 0 Å². The zero-order valence-corrected chi connectivity index (χ0v) is 4.78.